The first-order valence-corrected chi connectivity index (χ1v) is 6.75. The number of nitrogens with zero attached hydrogens (tertiary/aromatic N) is 5. The van der Waals surface area contributed by atoms with Crippen molar-refractivity contribution in [1.29, 1.82) is 5.26 Å². The number of hydrazone groups is 1. The molecule has 0 aliphatic carbocycles. The number of hydrogen-bond donors (Lipinski definition) is 1. The zero-order chi connectivity index (χ0) is 15.7. The summed E-state index contributed by atoms with van der Waals surface area (Å²) in [7, 11) is 0. The van der Waals surface area contributed by atoms with E-state index in [2.05, 4.69) is 10.2 Å². The number of hydrogen-bond acceptors (Lipinski definition) is 4. The molecule has 0 radical (unpaired) electrons. The van der Waals surface area contributed by atoms with Crippen molar-refractivity contribution in [1.82, 2.24) is 14.8 Å². The predicted molar refractivity (Wildman–Crippen MR) is 78.7 cm³/mol. The monoisotopic (exact) mass is 315 g/mol. The Morgan fingerprint density at radius 2 is 2.14 bits per heavy atom. The Morgan fingerprint density at radius 3 is 2.73 bits per heavy atom. The van der Waals surface area contributed by atoms with E-state index in [1.165, 1.54) is 6.20 Å². The van der Waals surface area contributed by atoms with Crippen molar-refractivity contribution in [3.8, 4) is 6.07 Å². The predicted octanol–water partition coefficient (Wildman–Crippen LogP) is 2.35. The molecule has 3 rings (SSSR count). The molecule has 0 saturated heterocycles. The lowest BCUT2D eigenvalue weighted by atomic mass is 10.0. The summed E-state index contributed by atoms with van der Waals surface area (Å²) in [6, 6.07) is 8.57. The van der Waals surface area contributed by atoms with E-state index in [4.69, 9.17) is 22.0 Å². The second-order valence-corrected chi connectivity index (χ2v) is 5.13. The molecule has 1 amide bonds. The van der Waals surface area contributed by atoms with E-state index in [9.17, 15) is 4.79 Å². The number of amides is 1. The molecular weight excluding hydrogens is 306 g/mol. The summed E-state index contributed by atoms with van der Waals surface area (Å²) >= 11 is 5.87. The van der Waals surface area contributed by atoms with Crippen molar-refractivity contribution in [2.45, 2.75) is 6.04 Å². The maximum Gasteiger partial charge on any atom is 0.428 e. The third-order valence-electron chi connectivity index (χ3n) is 3.30. The van der Waals surface area contributed by atoms with Crippen molar-refractivity contribution >= 4 is 23.4 Å². The standard InChI is InChI=1S/C14H10ClN5O2/c15-11-3-1-10(2-4-11)13-12(8-20(18-13)14(21)22)19-7-9(5-16)6-17-19/h1-4,6-7,12H,8H2,(H,21,22). The first-order valence-electron chi connectivity index (χ1n) is 6.37. The van der Waals surface area contributed by atoms with Gasteiger partial charge in [-0.15, -0.1) is 0 Å². The van der Waals surface area contributed by atoms with E-state index in [0.29, 0.717) is 16.3 Å². The number of benzene rings is 1. The SMILES string of the molecule is N#Cc1cnn(C2CN(C(=O)O)N=C2c2ccc(Cl)cc2)c1. The van der Waals surface area contributed by atoms with Gasteiger partial charge in [-0.1, -0.05) is 23.7 Å². The summed E-state index contributed by atoms with van der Waals surface area (Å²) in [6.45, 7) is 0.139. The fourth-order valence-corrected chi connectivity index (χ4v) is 2.38. The molecule has 0 fully saturated rings. The third-order valence-corrected chi connectivity index (χ3v) is 3.55. The van der Waals surface area contributed by atoms with E-state index in [0.717, 1.165) is 10.6 Å². The molecule has 0 spiro atoms. The van der Waals surface area contributed by atoms with Crippen LogP contribution < -0.4 is 0 Å². The molecule has 1 aromatic carbocycles. The fraction of sp³-hybridized carbons (Fsp3) is 0.143. The van der Waals surface area contributed by atoms with Crippen LogP contribution in [0.3, 0.4) is 0 Å². The molecule has 0 saturated carbocycles. The summed E-state index contributed by atoms with van der Waals surface area (Å²) in [6.07, 6.45) is 1.87. The van der Waals surface area contributed by atoms with Crippen LogP contribution in [-0.4, -0.2) is 38.2 Å². The number of rotatable bonds is 2. The average molecular weight is 316 g/mol. The van der Waals surface area contributed by atoms with Crippen LogP contribution in [0.2, 0.25) is 5.02 Å². The topological polar surface area (TPSA) is 94.5 Å². The summed E-state index contributed by atoms with van der Waals surface area (Å²) in [5.74, 6) is 0. The Balaban J connectivity index is 2.01. The lowest BCUT2D eigenvalue weighted by molar-refractivity contribution is 0.148. The minimum absolute atomic E-state index is 0.139. The maximum absolute atomic E-state index is 11.2. The smallest absolute Gasteiger partial charge is 0.428 e. The molecule has 110 valence electrons. The number of halogens is 1. The van der Waals surface area contributed by atoms with Crippen LogP contribution in [0.25, 0.3) is 0 Å². The maximum atomic E-state index is 11.2. The van der Waals surface area contributed by atoms with Crippen LogP contribution in [0.4, 0.5) is 4.79 Å². The molecule has 2 aromatic rings. The Labute approximate surface area is 130 Å². The molecule has 1 aromatic heterocycles. The van der Waals surface area contributed by atoms with Crippen LogP contribution in [0, 0.1) is 11.3 Å². The van der Waals surface area contributed by atoms with E-state index in [-0.39, 0.29) is 12.6 Å². The van der Waals surface area contributed by atoms with Gasteiger partial charge in [0.15, 0.2) is 0 Å². The third kappa shape index (κ3) is 2.52. The highest BCUT2D eigenvalue weighted by atomic mass is 35.5. The van der Waals surface area contributed by atoms with Crippen molar-refractivity contribution in [2.75, 3.05) is 6.54 Å². The Kier molecular flexibility index (Phi) is 3.53. The quantitative estimate of drug-likeness (QED) is 0.920. The lowest BCUT2D eigenvalue weighted by Crippen LogP contribution is -2.27. The van der Waals surface area contributed by atoms with Gasteiger partial charge in [0.25, 0.3) is 0 Å². The molecule has 1 N–H and O–H groups in total. The van der Waals surface area contributed by atoms with Crippen molar-refractivity contribution in [2.24, 2.45) is 5.10 Å². The normalized spacial score (nSPS) is 17.2. The van der Waals surface area contributed by atoms with Gasteiger partial charge in [-0.05, 0) is 12.1 Å². The van der Waals surface area contributed by atoms with Gasteiger partial charge in [0.2, 0.25) is 0 Å². The van der Waals surface area contributed by atoms with Crippen LogP contribution in [-0.2, 0) is 0 Å². The van der Waals surface area contributed by atoms with E-state index >= 15 is 0 Å². The van der Waals surface area contributed by atoms with Gasteiger partial charge < -0.3 is 5.11 Å². The molecular formula is C14H10ClN5O2. The number of carbonyl (C=O) groups is 1. The van der Waals surface area contributed by atoms with Crippen molar-refractivity contribution < 1.29 is 9.90 Å². The largest absolute Gasteiger partial charge is 0.464 e. The van der Waals surface area contributed by atoms with Crippen LogP contribution in [0.5, 0.6) is 0 Å². The van der Waals surface area contributed by atoms with Gasteiger partial charge in [0.1, 0.15) is 12.1 Å². The van der Waals surface area contributed by atoms with Gasteiger partial charge >= 0.3 is 6.09 Å². The summed E-state index contributed by atoms with van der Waals surface area (Å²) in [4.78, 5) is 11.2. The number of carboxylic acid groups (broad SMARTS) is 1. The summed E-state index contributed by atoms with van der Waals surface area (Å²) in [5.41, 5.74) is 1.73. The molecule has 22 heavy (non-hydrogen) atoms. The van der Waals surface area contributed by atoms with Gasteiger partial charge in [0, 0.05) is 16.8 Å². The molecule has 0 bridgehead atoms. The highest BCUT2D eigenvalue weighted by molar-refractivity contribution is 6.30. The van der Waals surface area contributed by atoms with Gasteiger partial charge in [-0.3, -0.25) is 4.68 Å². The molecule has 1 aliphatic rings. The van der Waals surface area contributed by atoms with Gasteiger partial charge in [-0.2, -0.15) is 20.5 Å². The summed E-state index contributed by atoms with van der Waals surface area (Å²) < 4.78 is 1.55. The average Bonchev–Trinajstić information content (AvgIpc) is 3.14. The molecule has 1 atom stereocenters. The van der Waals surface area contributed by atoms with Crippen LogP contribution in [0.15, 0.2) is 41.8 Å². The van der Waals surface area contributed by atoms with E-state index < -0.39 is 6.09 Å². The molecule has 7 nitrogen and oxygen atoms in total. The zero-order valence-corrected chi connectivity index (χ0v) is 12.0. The molecule has 8 heteroatoms. The number of nitriles is 1. The minimum Gasteiger partial charge on any atom is -0.464 e. The Morgan fingerprint density at radius 1 is 1.41 bits per heavy atom. The number of aromatic nitrogens is 2. The second kappa shape index (κ2) is 5.50. The van der Waals surface area contributed by atoms with E-state index in [1.807, 2.05) is 6.07 Å². The Bertz CT molecular complexity index is 790. The molecule has 2 heterocycles. The second-order valence-electron chi connectivity index (χ2n) is 4.69. The fourth-order valence-electron chi connectivity index (χ4n) is 2.25. The van der Waals surface area contributed by atoms with Gasteiger partial charge in [0.05, 0.1) is 24.0 Å². The highest BCUT2D eigenvalue weighted by Gasteiger charge is 2.32. The van der Waals surface area contributed by atoms with Gasteiger partial charge in [-0.25, -0.2) is 4.79 Å². The highest BCUT2D eigenvalue weighted by Crippen LogP contribution is 2.24. The Hall–Kier alpha value is -2.85. The molecule has 1 aliphatic heterocycles. The van der Waals surface area contributed by atoms with Crippen LogP contribution in [0.1, 0.15) is 17.2 Å². The minimum atomic E-state index is -1.14. The first kappa shape index (κ1) is 14.1. The molecule has 1 unspecified atom stereocenters. The zero-order valence-electron chi connectivity index (χ0n) is 11.2. The summed E-state index contributed by atoms with van der Waals surface area (Å²) in [5, 5.41) is 27.9. The lowest BCUT2D eigenvalue weighted by Gasteiger charge is -2.13. The van der Waals surface area contributed by atoms with E-state index in [1.54, 1.807) is 35.1 Å². The van der Waals surface area contributed by atoms with Crippen molar-refractivity contribution in [3.63, 3.8) is 0 Å². The first-order chi connectivity index (χ1) is 10.6. The van der Waals surface area contributed by atoms with Crippen LogP contribution >= 0.6 is 11.6 Å². The van der Waals surface area contributed by atoms with Crippen molar-refractivity contribution in [3.05, 3.63) is 52.8 Å².